The highest BCUT2D eigenvalue weighted by Crippen LogP contribution is 2.27. The molecule has 4 nitrogen and oxygen atoms in total. The minimum Gasteiger partial charge on any atom is -0.495 e. The van der Waals surface area contributed by atoms with Gasteiger partial charge in [-0.3, -0.25) is 4.79 Å². The molecule has 98 valence electrons. The van der Waals surface area contributed by atoms with Crippen LogP contribution in [0.3, 0.4) is 0 Å². The van der Waals surface area contributed by atoms with Crippen LogP contribution in [0.1, 0.15) is 19.3 Å². The molecular weight excluding hydrogens is 252 g/mol. The maximum Gasteiger partial charge on any atom is 0.221 e. The van der Waals surface area contributed by atoms with Crippen molar-refractivity contribution >= 4 is 23.2 Å². The van der Waals surface area contributed by atoms with E-state index in [9.17, 15) is 4.79 Å². The van der Waals surface area contributed by atoms with E-state index in [-0.39, 0.29) is 5.91 Å². The van der Waals surface area contributed by atoms with E-state index in [1.807, 2.05) is 6.07 Å². The van der Waals surface area contributed by atoms with Gasteiger partial charge in [-0.1, -0.05) is 11.6 Å². The average molecular weight is 269 g/mol. The maximum atomic E-state index is 11.5. The van der Waals surface area contributed by atoms with Gasteiger partial charge in [0, 0.05) is 24.7 Å². The fraction of sp³-hybridized carbons (Fsp3) is 0.462. The number of methoxy groups -OCH3 is 1. The third kappa shape index (κ3) is 3.81. The highest BCUT2D eigenvalue weighted by molar-refractivity contribution is 6.32. The number of hydrogen-bond acceptors (Lipinski definition) is 3. The lowest BCUT2D eigenvalue weighted by molar-refractivity contribution is -0.120. The van der Waals surface area contributed by atoms with E-state index in [4.69, 9.17) is 16.3 Å². The van der Waals surface area contributed by atoms with E-state index in [0.717, 1.165) is 18.5 Å². The molecule has 0 saturated heterocycles. The lowest BCUT2D eigenvalue weighted by Crippen LogP contribution is -2.27. The first-order chi connectivity index (χ1) is 8.69. The molecule has 1 saturated carbocycles. The van der Waals surface area contributed by atoms with Crippen molar-refractivity contribution in [1.29, 1.82) is 0 Å². The molecule has 0 aromatic heterocycles. The Balaban J connectivity index is 1.75. The molecule has 1 aliphatic carbocycles. The number of ether oxygens (including phenoxy) is 1. The van der Waals surface area contributed by atoms with Crippen molar-refractivity contribution in [2.75, 3.05) is 19.0 Å². The smallest absolute Gasteiger partial charge is 0.221 e. The Hall–Kier alpha value is -1.42. The number of halogens is 1. The van der Waals surface area contributed by atoms with Gasteiger partial charge >= 0.3 is 0 Å². The van der Waals surface area contributed by atoms with Gasteiger partial charge in [0.05, 0.1) is 12.1 Å². The van der Waals surface area contributed by atoms with E-state index in [1.54, 1.807) is 19.2 Å². The first-order valence-electron chi connectivity index (χ1n) is 6.06. The molecule has 2 rings (SSSR count). The number of hydrogen-bond donors (Lipinski definition) is 2. The summed E-state index contributed by atoms with van der Waals surface area (Å²) < 4.78 is 5.07. The number of carbonyl (C=O) groups is 1. The van der Waals surface area contributed by atoms with Crippen molar-refractivity contribution in [3.63, 3.8) is 0 Å². The van der Waals surface area contributed by atoms with Gasteiger partial charge in [0.1, 0.15) is 5.75 Å². The molecule has 0 unspecified atom stereocenters. The number of carbonyl (C=O) groups excluding carboxylic acids is 1. The second-order valence-corrected chi connectivity index (χ2v) is 4.78. The van der Waals surface area contributed by atoms with Crippen LogP contribution in [0.4, 0.5) is 5.69 Å². The predicted molar refractivity (Wildman–Crippen MR) is 72.3 cm³/mol. The Kier molecular flexibility index (Phi) is 4.31. The summed E-state index contributed by atoms with van der Waals surface area (Å²) in [6.07, 6.45) is 2.71. The minimum absolute atomic E-state index is 0.101. The summed E-state index contributed by atoms with van der Waals surface area (Å²) in [7, 11) is 1.58. The van der Waals surface area contributed by atoms with Crippen LogP contribution in [0, 0.1) is 0 Å². The topological polar surface area (TPSA) is 50.4 Å². The molecule has 0 bridgehead atoms. The zero-order valence-electron chi connectivity index (χ0n) is 10.3. The largest absolute Gasteiger partial charge is 0.495 e. The van der Waals surface area contributed by atoms with Crippen LogP contribution in [-0.4, -0.2) is 25.6 Å². The first kappa shape index (κ1) is 13.0. The Labute approximate surface area is 112 Å². The van der Waals surface area contributed by atoms with Crippen molar-refractivity contribution in [2.45, 2.75) is 25.3 Å². The summed E-state index contributed by atoms with van der Waals surface area (Å²) in [5, 5.41) is 6.67. The standard InChI is InChI=1S/C13H17ClN2O2/c1-18-12-5-4-10(8-11(12)14)15-7-6-13(17)16-9-2-3-9/h4-5,8-9,15H,2-3,6-7H2,1H3,(H,16,17). The molecule has 1 fully saturated rings. The maximum absolute atomic E-state index is 11.5. The van der Waals surface area contributed by atoms with Crippen molar-refractivity contribution in [3.8, 4) is 5.75 Å². The van der Waals surface area contributed by atoms with Gasteiger partial charge in [-0.15, -0.1) is 0 Å². The lowest BCUT2D eigenvalue weighted by Gasteiger charge is -2.09. The van der Waals surface area contributed by atoms with Gasteiger partial charge in [-0.05, 0) is 31.0 Å². The van der Waals surface area contributed by atoms with Gasteiger partial charge in [-0.2, -0.15) is 0 Å². The van der Waals surface area contributed by atoms with Gasteiger partial charge in [0.15, 0.2) is 0 Å². The third-order valence-corrected chi connectivity index (χ3v) is 3.07. The van der Waals surface area contributed by atoms with Crippen LogP contribution in [0.5, 0.6) is 5.75 Å². The Morgan fingerprint density at radius 1 is 1.50 bits per heavy atom. The second-order valence-electron chi connectivity index (χ2n) is 4.37. The molecule has 0 aliphatic heterocycles. The van der Waals surface area contributed by atoms with Gasteiger partial charge in [0.2, 0.25) is 5.91 Å². The average Bonchev–Trinajstić information content (AvgIpc) is 3.13. The molecule has 1 aromatic rings. The van der Waals surface area contributed by atoms with Crippen LogP contribution >= 0.6 is 11.6 Å². The molecular formula is C13H17ClN2O2. The van der Waals surface area contributed by atoms with Gasteiger partial charge in [-0.25, -0.2) is 0 Å². The van der Waals surface area contributed by atoms with Crippen molar-refractivity contribution in [2.24, 2.45) is 0 Å². The highest BCUT2D eigenvalue weighted by Gasteiger charge is 2.22. The Morgan fingerprint density at radius 3 is 2.89 bits per heavy atom. The van der Waals surface area contributed by atoms with E-state index in [0.29, 0.717) is 29.8 Å². The monoisotopic (exact) mass is 268 g/mol. The minimum atomic E-state index is 0.101. The lowest BCUT2D eigenvalue weighted by atomic mass is 10.3. The molecule has 2 N–H and O–H groups in total. The predicted octanol–water partition coefficient (Wildman–Crippen LogP) is 2.43. The molecule has 1 amide bonds. The van der Waals surface area contributed by atoms with Crippen LogP contribution < -0.4 is 15.4 Å². The summed E-state index contributed by atoms with van der Waals surface area (Å²) in [4.78, 5) is 11.5. The number of nitrogens with one attached hydrogen (secondary N) is 2. The van der Waals surface area contributed by atoms with E-state index in [2.05, 4.69) is 10.6 Å². The summed E-state index contributed by atoms with van der Waals surface area (Å²) >= 11 is 6.00. The number of benzene rings is 1. The molecule has 1 aliphatic rings. The highest BCUT2D eigenvalue weighted by atomic mass is 35.5. The molecule has 0 atom stereocenters. The molecule has 5 heteroatoms. The Bertz CT molecular complexity index is 433. The Morgan fingerprint density at radius 2 is 2.28 bits per heavy atom. The van der Waals surface area contributed by atoms with Crippen LogP contribution in [0.25, 0.3) is 0 Å². The summed E-state index contributed by atoms with van der Waals surface area (Å²) in [6, 6.07) is 5.89. The quantitative estimate of drug-likeness (QED) is 0.833. The van der Waals surface area contributed by atoms with Crippen LogP contribution in [-0.2, 0) is 4.79 Å². The van der Waals surface area contributed by atoms with Crippen molar-refractivity contribution in [1.82, 2.24) is 5.32 Å². The SMILES string of the molecule is COc1ccc(NCCC(=O)NC2CC2)cc1Cl. The van der Waals surface area contributed by atoms with Crippen molar-refractivity contribution < 1.29 is 9.53 Å². The van der Waals surface area contributed by atoms with E-state index < -0.39 is 0 Å². The first-order valence-corrected chi connectivity index (χ1v) is 6.43. The van der Waals surface area contributed by atoms with Crippen LogP contribution in [0.2, 0.25) is 5.02 Å². The van der Waals surface area contributed by atoms with Gasteiger partial charge in [0.25, 0.3) is 0 Å². The van der Waals surface area contributed by atoms with E-state index >= 15 is 0 Å². The van der Waals surface area contributed by atoms with Crippen LogP contribution in [0.15, 0.2) is 18.2 Å². The normalized spacial score (nSPS) is 14.1. The molecule has 0 heterocycles. The summed E-state index contributed by atoms with van der Waals surface area (Å²) in [5.41, 5.74) is 0.889. The summed E-state index contributed by atoms with van der Waals surface area (Å²) in [5.74, 6) is 0.748. The van der Waals surface area contributed by atoms with Gasteiger partial charge < -0.3 is 15.4 Å². The molecule has 0 spiro atoms. The number of rotatable bonds is 6. The van der Waals surface area contributed by atoms with Crippen molar-refractivity contribution in [3.05, 3.63) is 23.2 Å². The summed E-state index contributed by atoms with van der Waals surface area (Å²) in [6.45, 7) is 0.598. The molecule has 1 aromatic carbocycles. The third-order valence-electron chi connectivity index (χ3n) is 2.78. The number of anilines is 1. The fourth-order valence-corrected chi connectivity index (χ4v) is 1.88. The second kappa shape index (κ2) is 5.96. The van der Waals surface area contributed by atoms with E-state index in [1.165, 1.54) is 0 Å². The molecule has 0 radical (unpaired) electrons. The number of amides is 1. The zero-order chi connectivity index (χ0) is 13.0. The molecule has 18 heavy (non-hydrogen) atoms. The zero-order valence-corrected chi connectivity index (χ0v) is 11.1. The fourth-order valence-electron chi connectivity index (χ4n) is 1.62.